The van der Waals surface area contributed by atoms with Crippen molar-refractivity contribution in [2.75, 3.05) is 27.7 Å². The summed E-state index contributed by atoms with van der Waals surface area (Å²) in [6.45, 7) is 0.432. The van der Waals surface area contributed by atoms with Crippen LogP contribution in [0.2, 0.25) is 0 Å². The van der Waals surface area contributed by atoms with Crippen LogP contribution in [0.4, 0.5) is 0 Å². The lowest BCUT2D eigenvalue weighted by atomic mass is 10.1. The molecule has 0 aliphatic heterocycles. The highest BCUT2D eigenvalue weighted by molar-refractivity contribution is 5.79. The van der Waals surface area contributed by atoms with Gasteiger partial charge in [-0.1, -0.05) is 38.2 Å². The summed E-state index contributed by atoms with van der Waals surface area (Å²) in [6, 6.07) is 0. The van der Waals surface area contributed by atoms with Gasteiger partial charge >= 0.3 is 11.9 Å². The number of allylic oxidation sites excluding steroid dienone is 1. The number of carbonyl (C=O) groups excluding carboxylic acids is 2. The first-order valence-electron chi connectivity index (χ1n) is 9.69. The van der Waals surface area contributed by atoms with E-state index < -0.39 is 18.0 Å². The second kappa shape index (κ2) is 14.2. The quantitative estimate of drug-likeness (QED) is 0.188. The highest BCUT2D eigenvalue weighted by Gasteiger charge is 2.22. The van der Waals surface area contributed by atoms with E-state index in [1.807, 2.05) is 21.1 Å². The molecule has 0 amide bonds. The molecule has 1 unspecified atom stereocenters. The molecule has 0 bridgehead atoms. The SMILES string of the molecule is C[N+](C)(C)CC(CC(=O)[O-])OC(=O)CCCCCCCCC/C=C/C(=O)O. The van der Waals surface area contributed by atoms with Crippen molar-refractivity contribution in [3.8, 4) is 0 Å². The normalized spacial score (nSPS) is 12.9. The van der Waals surface area contributed by atoms with Crippen LogP contribution < -0.4 is 5.11 Å². The molecule has 1 N–H and O–H groups in total. The number of aliphatic carboxylic acids is 2. The fraction of sp³-hybridized carbons (Fsp3) is 0.750. The summed E-state index contributed by atoms with van der Waals surface area (Å²) in [7, 11) is 5.75. The van der Waals surface area contributed by atoms with Crippen LogP contribution in [0.15, 0.2) is 12.2 Å². The minimum Gasteiger partial charge on any atom is -0.550 e. The number of quaternary nitrogens is 1. The lowest BCUT2D eigenvalue weighted by Crippen LogP contribution is -2.45. The maximum absolute atomic E-state index is 11.9. The van der Waals surface area contributed by atoms with Crippen LogP contribution in [0.25, 0.3) is 0 Å². The predicted octanol–water partition coefficient (Wildman–Crippen LogP) is 1.90. The van der Waals surface area contributed by atoms with Crippen LogP contribution in [0.1, 0.15) is 64.2 Å². The van der Waals surface area contributed by atoms with Crippen molar-refractivity contribution in [2.24, 2.45) is 0 Å². The third-order valence-electron chi connectivity index (χ3n) is 3.96. The number of ether oxygens (including phenoxy) is 1. The van der Waals surface area contributed by atoms with E-state index >= 15 is 0 Å². The Labute approximate surface area is 162 Å². The summed E-state index contributed by atoms with van der Waals surface area (Å²) < 4.78 is 5.82. The summed E-state index contributed by atoms with van der Waals surface area (Å²) in [5, 5.41) is 19.3. The van der Waals surface area contributed by atoms with Crippen LogP contribution in [0.5, 0.6) is 0 Å². The Morgan fingerprint density at radius 3 is 2.07 bits per heavy atom. The second-order valence-electron chi connectivity index (χ2n) is 7.92. The molecule has 27 heavy (non-hydrogen) atoms. The third kappa shape index (κ3) is 18.7. The number of esters is 1. The number of carbonyl (C=O) groups is 3. The van der Waals surface area contributed by atoms with Gasteiger partial charge in [-0.05, 0) is 19.3 Å². The van der Waals surface area contributed by atoms with E-state index in [4.69, 9.17) is 9.84 Å². The molecule has 0 aliphatic rings. The van der Waals surface area contributed by atoms with Gasteiger partial charge in [0.2, 0.25) is 0 Å². The molecule has 0 saturated heterocycles. The maximum Gasteiger partial charge on any atom is 0.327 e. The highest BCUT2D eigenvalue weighted by Crippen LogP contribution is 2.12. The first-order chi connectivity index (χ1) is 12.6. The van der Waals surface area contributed by atoms with Crippen LogP contribution in [-0.4, -0.2) is 61.3 Å². The van der Waals surface area contributed by atoms with E-state index in [9.17, 15) is 19.5 Å². The molecule has 0 rings (SSSR count). The van der Waals surface area contributed by atoms with Gasteiger partial charge in [0.15, 0.2) is 6.10 Å². The van der Waals surface area contributed by atoms with E-state index in [-0.39, 0.29) is 12.4 Å². The number of carboxylic acid groups (broad SMARTS) is 2. The van der Waals surface area contributed by atoms with E-state index in [2.05, 4.69) is 0 Å². The zero-order chi connectivity index (χ0) is 20.7. The van der Waals surface area contributed by atoms with Gasteiger partial charge in [0.1, 0.15) is 6.54 Å². The van der Waals surface area contributed by atoms with Crippen molar-refractivity contribution >= 4 is 17.9 Å². The topological polar surface area (TPSA) is 104 Å². The van der Waals surface area contributed by atoms with Gasteiger partial charge in [-0.3, -0.25) is 4.79 Å². The van der Waals surface area contributed by atoms with E-state index in [0.717, 1.165) is 51.4 Å². The first-order valence-corrected chi connectivity index (χ1v) is 9.69. The van der Waals surface area contributed by atoms with Gasteiger partial charge in [-0.25, -0.2) is 4.79 Å². The van der Waals surface area contributed by atoms with Gasteiger partial charge in [-0.2, -0.15) is 0 Å². The first kappa shape index (κ1) is 25.1. The number of unbranched alkanes of at least 4 members (excludes halogenated alkanes) is 7. The van der Waals surface area contributed by atoms with Crippen molar-refractivity contribution in [2.45, 2.75) is 70.3 Å². The van der Waals surface area contributed by atoms with Crippen molar-refractivity contribution < 1.29 is 33.8 Å². The molecule has 0 aromatic carbocycles. The molecule has 156 valence electrons. The molecule has 0 aromatic rings. The number of likely N-dealkylation sites (N-methyl/N-ethyl adjacent to an activating group) is 1. The Hall–Kier alpha value is -1.89. The Balaban J connectivity index is 3.77. The largest absolute Gasteiger partial charge is 0.550 e. The van der Waals surface area contributed by atoms with Crippen molar-refractivity contribution in [3.05, 3.63) is 12.2 Å². The molecule has 0 radical (unpaired) electrons. The van der Waals surface area contributed by atoms with Gasteiger partial charge in [0, 0.05) is 24.9 Å². The van der Waals surface area contributed by atoms with Gasteiger partial charge < -0.3 is 24.2 Å². The fourth-order valence-electron chi connectivity index (χ4n) is 2.78. The molecule has 0 spiro atoms. The van der Waals surface area contributed by atoms with Crippen molar-refractivity contribution in [1.82, 2.24) is 0 Å². The number of carboxylic acids is 2. The average Bonchev–Trinajstić information content (AvgIpc) is 2.49. The molecule has 0 fully saturated rings. The highest BCUT2D eigenvalue weighted by atomic mass is 16.5. The second-order valence-corrected chi connectivity index (χ2v) is 7.92. The minimum absolute atomic E-state index is 0.275. The van der Waals surface area contributed by atoms with Crippen LogP contribution in [-0.2, 0) is 19.1 Å². The summed E-state index contributed by atoms with van der Waals surface area (Å²) in [5.74, 6) is -2.46. The summed E-state index contributed by atoms with van der Waals surface area (Å²) in [5.41, 5.74) is 0. The number of rotatable bonds is 16. The summed E-state index contributed by atoms with van der Waals surface area (Å²) in [6.07, 6.45) is 9.99. The van der Waals surface area contributed by atoms with Gasteiger partial charge in [0.25, 0.3) is 0 Å². The monoisotopic (exact) mass is 385 g/mol. The smallest absolute Gasteiger partial charge is 0.327 e. The standard InChI is InChI=1S/C20H35NO6/c1-21(2,3)16-17(15-19(24)25)27-20(26)14-12-10-8-6-4-5-7-9-11-13-18(22)23/h11,13,17H,4-10,12,14-16H2,1-3H3,(H-,22,23,24,25)/b13-11+. The Morgan fingerprint density at radius 1 is 1.00 bits per heavy atom. The van der Waals surface area contributed by atoms with Crippen LogP contribution in [0, 0.1) is 0 Å². The lowest BCUT2D eigenvalue weighted by molar-refractivity contribution is -0.873. The molecule has 0 aliphatic carbocycles. The molecule has 7 heteroatoms. The van der Waals surface area contributed by atoms with E-state index in [1.54, 1.807) is 6.08 Å². The molecular weight excluding hydrogens is 350 g/mol. The third-order valence-corrected chi connectivity index (χ3v) is 3.96. The lowest BCUT2D eigenvalue weighted by Gasteiger charge is -2.29. The van der Waals surface area contributed by atoms with Crippen LogP contribution >= 0.6 is 0 Å². The van der Waals surface area contributed by atoms with Crippen molar-refractivity contribution in [1.29, 1.82) is 0 Å². The van der Waals surface area contributed by atoms with Crippen molar-refractivity contribution in [3.63, 3.8) is 0 Å². The zero-order valence-corrected chi connectivity index (χ0v) is 16.9. The number of hydrogen-bond donors (Lipinski definition) is 1. The van der Waals surface area contributed by atoms with Gasteiger partial charge in [0.05, 0.1) is 21.1 Å². The molecule has 0 heterocycles. The summed E-state index contributed by atoms with van der Waals surface area (Å²) in [4.78, 5) is 33.0. The molecule has 7 nitrogen and oxygen atoms in total. The number of hydrogen-bond acceptors (Lipinski definition) is 5. The van der Waals surface area contributed by atoms with E-state index in [1.165, 1.54) is 6.08 Å². The molecular formula is C20H35NO6. The Kier molecular flexibility index (Phi) is 13.2. The Morgan fingerprint density at radius 2 is 1.56 bits per heavy atom. The predicted molar refractivity (Wildman–Crippen MR) is 101 cm³/mol. The molecule has 0 saturated carbocycles. The Bertz CT molecular complexity index is 481. The average molecular weight is 386 g/mol. The summed E-state index contributed by atoms with van der Waals surface area (Å²) >= 11 is 0. The van der Waals surface area contributed by atoms with Crippen LogP contribution in [0.3, 0.4) is 0 Å². The zero-order valence-electron chi connectivity index (χ0n) is 16.9. The number of nitrogens with zero attached hydrogens (tertiary/aromatic N) is 1. The minimum atomic E-state index is -1.21. The maximum atomic E-state index is 11.9. The molecule has 1 atom stereocenters. The van der Waals surface area contributed by atoms with E-state index in [0.29, 0.717) is 17.4 Å². The fourth-order valence-corrected chi connectivity index (χ4v) is 2.78. The van der Waals surface area contributed by atoms with Gasteiger partial charge in [-0.15, -0.1) is 0 Å². The molecule has 0 aromatic heterocycles.